The lowest BCUT2D eigenvalue weighted by molar-refractivity contribution is 0.266. The molecule has 0 spiro atoms. The lowest BCUT2D eigenvalue weighted by atomic mass is 10.1. The maximum absolute atomic E-state index is 11.3. The van der Waals surface area contributed by atoms with Gasteiger partial charge in [0.1, 0.15) is 17.3 Å². The zero-order valence-electron chi connectivity index (χ0n) is 16.0. The molecule has 4 rings (SSSR count). The highest BCUT2D eigenvalue weighted by Crippen LogP contribution is 2.48. The maximum atomic E-state index is 11.3. The van der Waals surface area contributed by atoms with Crippen LogP contribution in [0.3, 0.4) is 0 Å². The molecule has 2 aromatic carbocycles. The molecule has 29 heavy (non-hydrogen) atoms. The number of aromatic nitrogens is 1. The fourth-order valence-corrected chi connectivity index (χ4v) is 3.73. The van der Waals surface area contributed by atoms with Crippen LogP contribution in [0.5, 0.6) is 11.5 Å². The number of nitroso groups, excluding NO2 is 1. The molecule has 0 unspecified atom stereocenters. The normalized spacial score (nSPS) is 14.8. The van der Waals surface area contributed by atoms with Crippen molar-refractivity contribution in [1.82, 2.24) is 9.88 Å². The number of hydrogen-bond donors (Lipinski definition) is 3. The van der Waals surface area contributed by atoms with Gasteiger partial charge in [-0.15, -0.1) is 4.91 Å². The number of nitrogens with zero attached hydrogens (tertiary/aromatic N) is 4. The fraction of sp³-hybridized carbons (Fsp3) is 0.286. The summed E-state index contributed by atoms with van der Waals surface area (Å²) in [5.41, 5.74) is 0.00416. The van der Waals surface area contributed by atoms with Gasteiger partial charge < -0.3 is 20.4 Å². The van der Waals surface area contributed by atoms with Crippen molar-refractivity contribution in [1.29, 1.82) is 0 Å². The van der Waals surface area contributed by atoms with E-state index in [-0.39, 0.29) is 22.9 Å². The minimum absolute atomic E-state index is 0.0760. The molecule has 1 aromatic heterocycles. The largest absolute Gasteiger partial charge is 0.505 e. The molecule has 1 fully saturated rings. The second kappa shape index (κ2) is 8.32. The molecule has 1 saturated heterocycles. The van der Waals surface area contributed by atoms with E-state index in [0.717, 1.165) is 38.5 Å². The number of hydrogen-bond acceptors (Lipinski definition) is 8. The molecule has 8 nitrogen and oxygen atoms in total. The van der Waals surface area contributed by atoms with Gasteiger partial charge in [-0.1, -0.05) is 30.3 Å². The Balaban J connectivity index is 1.40. The first kappa shape index (κ1) is 18.9. The third-order valence-corrected chi connectivity index (χ3v) is 5.30. The molecular formula is C21H23N5O3. The molecule has 1 aliphatic heterocycles. The lowest BCUT2D eigenvalue weighted by Crippen LogP contribution is -2.47. The molecule has 3 aromatic rings. The first-order valence-corrected chi connectivity index (χ1v) is 9.61. The van der Waals surface area contributed by atoms with Crippen molar-refractivity contribution in [2.24, 2.45) is 5.18 Å². The molecule has 1 aliphatic rings. The van der Waals surface area contributed by atoms with Gasteiger partial charge in [-0.3, -0.25) is 4.90 Å². The Bertz CT molecular complexity index is 1000. The standard InChI is InChI=1S/C21H23N5O3/c27-20-15-5-1-2-6-16(15)21(28)19(24-29)18(20)23-9-10-25-11-13-26(14-12-25)17-7-3-4-8-22-17/h1-8,23,27-28H,9-14H2. The van der Waals surface area contributed by atoms with Gasteiger partial charge in [-0.05, 0) is 17.3 Å². The van der Waals surface area contributed by atoms with Crippen LogP contribution in [0.1, 0.15) is 0 Å². The molecule has 2 heterocycles. The van der Waals surface area contributed by atoms with E-state index in [4.69, 9.17) is 0 Å². The van der Waals surface area contributed by atoms with Gasteiger partial charge in [0.2, 0.25) is 0 Å². The van der Waals surface area contributed by atoms with Gasteiger partial charge in [0, 0.05) is 56.2 Å². The van der Waals surface area contributed by atoms with Crippen molar-refractivity contribution in [2.45, 2.75) is 0 Å². The van der Waals surface area contributed by atoms with Crippen LogP contribution in [-0.2, 0) is 0 Å². The summed E-state index contributed by atoms with van der Waals surface area (Å²) in [6, 6.07) is 12.7. The number of nitrogens with one attached hydrogen (secondary N) is 1. The summed E-state index contributed by atoms with van der Waals surface area (Å²) in [5, 5.41) is 27.9. The number of phenolic OH excluding ortho intramolecular Hbond substituents is 2. The van der Waals surface area contributed by atoms with E-state index in [1.807, 2.05) is 18.2 Å². The van der Waals surface area contributed by atoms with Gasteiger partial charge in [-0.25, -0.2) is 4.98 Å². The molecule has 3 N–H and O–H groups in total. The van der Waals surface area contributed by atoms with Crippen LogP contribution in [0.4, 0.5) is 17.2 Å². The van der Waals surface area contributed by atoms with Crippen LogP contribution in [0.2, 0.25) is 0 Å². The Morgan fingerprint density at radius 2 is 1.66 bits per heavy atom. The van der Waals surface area contributed by atoms with Crippen LogP contribution >= 0.6 is 0 Å². The number of rotatable bonds is 6. The number of benzene rings is 2. The van der Waals surface area contributed by atoms with E-state index < -0.39 is 0 Å². The fourth-order valence-electron chi connectivity index (χ4n) is 3.73. The summed E-state index contributed by atoms with van der Waals surface area (Å²) in [6.07, 6.45) is 1.80. The molecule has 0 radical (unpaired) electrons. The van der Waals surface area contributed by atoms with Gasteiger partial charge in [0.25, 0.3) is 0 Å². The smallest absolute Gasteiger partial charge is 0.177 e. The summed E-state index contributed by atoms with van der Waals surface area (Å²) in [5.74, 6) is 0.691. The van der Waals surface area contributed by atoms with Crippen molar-refractivity contribution in [2.75, 3.05) is 49.5 Å². The minimum atomic E-state index is -0.222. The summed E-state index contributed by atoms with van der Waals surface area (Å²) >= 11 is 0. The Hall–Kier alpha value is -3.39. The molecule has 8 heteroatoms. The topological polar surface area (TPSA) is 101 Å². The van der Waals surface area contributed by atoms with E-state index in [9.17, 15) is 15.1 Å². The van der Waals surface area contributed by atoms with Crippen molar-refractivity contribution in [3.8, 4) is 11.5 Å². The molecule has 0 saturated carbocycles. The maximum Gasteiger partial charge on any atom is 0.177 e. The van der Waals surface area contributed by atoms with E-state index in [1.54, 1.807) is 30.5 Å². The predicted molar refractivity (Wildman–Crippen MR) is 114 cm³/mol. The van der Waals surface area contributed by atoms with Crippen LogP contribution in [0.15, 0.2) is 53.8 Å². The third-order valence-electron chi connectivity index (χ3n) is 5.30. The third kappa shape index (κ3) is 3.79. The van der Waals surface area contributed by atoms with Gasteiger partial charge in [0.15, 0.2) is 11.4 Å². The number of phenols is 2. The molecule has 0 bridgehead atoms. The van der Waals surface area contributed by atoms with Crippen LogP contribution in [0.25, 0.3) is 10.8 Å². The summed E-state index contributed by atoms with van der Waals surface area (Å²) in [4.78, 5) is 20.3. The van der Waals surface area contributed by atoms with Crippen molar-refractivity contribution in [3.05, 3.63) is 53.6 Å². The van der Waals surface area contributed by atoms with Crippen molar-refractivity contribution in [3.63, 3.8) is 0 Å². The minimum Gasteiger partial charge on any atom is -0.505 e. The Morgan fingerprint density at radius 3 is 2.31 bits per heavy atom. The van der Waals surface area contributed by atoms with E-state index >= 15 is 0 Å². The summed E-state index contributed by atoms with van der Waals surface area (Å²) < 4.78 is 0. The molecule has 0 aliphatic carbocycles. The first-order valence-electron chi connectivity index (χ1n) is 9.61. The van der Waals surface area contributed by atoms with Crippen molar-refractivity contribution >= 4 is 28.0 Å². The second-order valence-electron chi connectivity index (χ2n) is 7.00. The molecule has 150 valence electrons. The number of fused-ring (bicyclic) bond motifs is 1. The van der Waals surface area contributed by atoms with Crippen LogP contribution in [-0.4, -0.2) is 59.4 Å². The Labute approximate surface area is 168 Å². The Kier molecular flexibility index (Phi) is 5.44. The number of aromatic hydroxyl groups is 2. The van der Waals surface area contributed by atoms with Crippen LogP contribution in [0, 0.1) is 4.91 Å². The lowest BCUT2D eigenvalue weighted by Gasteiger charge is -2.35. The van der Waals surface area contributed by atoms with E-state index in [1.165, 1.54) is 0 Å². The van der Waals surface area contributed by atoms with E-state index in [2.05, 4.69) is 25.3 Å². The highest BCUT2D eigenvalue weighted by atomic mass is 16.3. The van der Waals surface area contributed by atoms with Crippen LogP contribution < -0.4 is 10.2 Å². The summed E-state index contributed by atoms with van der Waals surface area (Å²) in [7, 11) is 0. The van der Waals surface area contributed by atoms with E-state index in [0.29, 0.717) is 17.3 Å². The highest BCUT2D eigenvalue weighted by Gasteiger charge is 2.21. The highest BCUT2D eigenvalue weighted by molar-refractivity contribution is 6.03. The van der Waals surface area contributed by atoms with Gasteiger partial charge >= 0.3 is 0 Å². The number of anilines is 2. The molecule has 0 amide bonds. The number of pyridine rings is 1. The van der Waals surface area contributed by atoms with Gasteiger partial charge in [-0.2, -0.15) is 0 Å². The SMILES string of the molecule is O=Nc1c(NCCN2CCN(c3ccccn3)CC2)c(O)c2ccccc2c1O. The number of piperazine rings is 1. The second-order valence-corrected chi connectivity index (χ2v) is 7.00. The zero-order chi connectivity index (χ0) is 20.2. The predicted octanol–water partition coefficient (Wildman–Crippen LogP) is 3.28. The molecule has 0 atom stereocenters. The zero-order valence-corrected chi connectivity index (χ0v) is 16.0. The Morgan fingerprint density at radius 1 is 0.966 bits per heavy atom. The monoisotopic (exact) mass is 393 g/mol. The average molecular weight is 393 g/mol. The van der Waals surface area contributed by atoms with Gasteiger partial charge in [0.05, 0.1) is 0 Å². The molecular weight excluding hydrogens is 370 g/mol. The summed E-state index contributed by atoms with van der Waals surface area (Å²) in [6.45, 7) is 4.82. The first-order chi connectivity index (χ1) is 14.2. The van der Waals surface area contributed by atoms with Crippen molar-refractivity contribution < 1.29 is 10.2 Å². The average Bonchev–Trinajstić information content (AvgIpc) is 2.78. The quantitative estimate of drug-likeness (QED) is 0.336.